The second-order valence-corrected chi connectivity index (χ2v) is 4.89. The maximum absolute atomic E-state index is 5.15. The van der Waals surface area contributed by atoms with Crippen molar-refractivity contribution in [1.29, 1.82) is 0 Å². The summed E-state index contributed by atoms with van der Waals surface area (Å²) in [6.45, 7) is 6.49. The Kier molecular flexibility index (Phi) is 4.06. The Labute approximate surface area is 115 Å². The van der Waals surface area contributed by atoms with Gasteiger partial charge in [0.1, 0.15) is 5.75 Å². The van der Waals surface area contributed by atoms with Crippen molar-refractivity contribution in [2.75, 3.05) is 7.11 Å². The lowest BCUT2D eigenvalue weighted by atomic mass is 10.00. The normalized spacial score (nSPS) is 10.9. The minimum atomic E-state index is 0.888. The minimum absolute atomic E-state index is 0.888. The number of hydrogen-bond acceptors (Lipinski definition) is 1. The van der Waals surface area contributed by atoms with Gasteiger partial charge in [0.15, 0.2) is 0 Å². The van der Waals surface area contributed by atoms with Gasteiger partial charge >= 0.3 is 0 Å². The van der Waals surface area contributed by atoms with Gasteiger partial charge in [-0.05, 0) is 60.7 Å². The lowest BCUT2D eigenvalue weighted by Crippen LogP contribution is -1.87. The van der Waals surface area contributed by atoms with Crippen LogP contribution in [0.2, 0.25) is 0 Å². The average molecular weight is 252 g/mol. The molecule has 0 bridgehead atoms. The Balaban J connectivity index is 2.22. The van der Waals surface area contributed by atoms with Crippen molar-refractivity contribution in [3.63, 3.8) is 0 Å². The SMILES string of the molecule is COc1ccc(/C=C\c2cc(C)c(C)c(C)c2)cc1. The molecule has 0 aliphatic rings. The molecule has 98 valence electrons. The van der Waals surface area contributed by atoms with Gasteiger partial charge in [0.2, 0.25) is 0 Å². The highest BCUT2D eigenvalue weighted by Gasteiger charge is 1.98. The number of aryl methyl sites for hydroxylation is 2. The first kappa shape index (κ1) is 13.4. The summed E-state index contributed by atoms with van der Waals surface area (Å²) in [6.07, 6.45) is 4.28. The molecule has 0 spiro atoms. The van der Waals surface area contributed by atoms with E-state index in [4.69, 9.17) is 4.74 Å². The van der Waals surface area contributed by atoms with Crippen molar-refractivity contribution < 1.29 is 4.74 Å². The molecule has 0 radical (unpaired) electrons. The van der Waals surface area contributed by atoms with Gasteiger partial charge in [-0.3, -0.25) is 0 Å². The molecule has 0 atom stereocenters. The van der Waals surface area contributed by atoms with Crippen molar-refractivity contribution in [2.45, 2.75) is 20.8 Å². The molecule has 2 aromatic carbocycles. The molecule has 0 aliphatic heterocycles. The summed E-state index contributed by atoms with van der Waals surface area (Å²) in [7, 11) is 1.68. The Bertz CT molecular complexity index is 569. The van der Waals surface area contributed by atoms with E-state index in [-0.39, 0.29) is 0 Å². The molecule has 0 heterocycles. The minimum Gasteiger partial charge on any atom is -0.497 e. The third-order valence-corrected chi connectivity index (χ3v) is 3.53. The Morgan fingerprint density at radius 1 is 0.789 bits per heavy atom. The van der Waals surface area contributed by atoms with Crippen LogP contribution in [0.1, 0.15) is 27.8 Å². The zero-order chi connectivity index (χ0) is 13.8. The van der Waals surface area contributed by atoms with E-state index in [0.29, 0.717) is 0 Å². The smallest absolute Gasteiger partial charge is 0.118 e. The highest BCUT2D eigenvalue weighted by atomic mass is 16.5. The number of rotatable bonds is 3. The summed E-state index contributed by atoms with van der Waals surface area (Å²) in [4.78, 5) is 0. The first-order valence-corrected chi connectivity index (χ1v) is 6.50. The zero-order valence-corrected chi connectivity index (χ0v) is 12.0. The van der Waals surface area contributed by atoms with Crippen LogP contribution in [0, 0.1) is 20.8 Å². The van der Waals surface area contributed by atoms with Crippen molar-refractivity contribution in [2.24, 2.45) is 0 Å². The molecule has 2 rings (SSSR count). The second-order valence-electron chi connectivity index (χ2n) is 4.89. The predicted molar refractivity (Wildman–Crippen MR) is 82.6 cm³/mol. The molecule has 0 aliphatic carbocycles. The fourth-order valence-electron chi connectivity index (χ4n) is 2.07. The van der Waals surface area contributed by atoms with Gasteiger partial charge < -0.3 is 4.74 Å². The van der Waals surface area contributed by atoms with Gasteiger partial charge in [-0.2, -0.15) is 0 Å². The summed E-state index contributed by atoms with van der Waals surface area (Å²) < 4.78 is 5.15. The third-order valence-electron chi connectivity index (χ3n) is 3.53. The lowest BCUT2D eigenvalue weighted by molar-refractivity contribution is 0.415. The maximum Gasteiger partial charge on any atom is 0.118 e. The highest BCUT2D eigenvalue weighted by molar-refractivity contribution is 5.70. The molecule has 1 heteroatoms. The van der Waals surface area contributed by atoms with Crippen LogP contribution in [0.5, 0.6) is 5.75 Å². The standard InChI is InChI=1S/C18H20O/c1-13-11-17(12-14(2)15(13)3)6-5-16-7-9-18(19-4)10-8-16/h5-12H,1-4H3/b6-5-. The Hall–Kier alpha value is -2.02. The van der Waals surface area contributed by atoms with E-state index in [0.717, 1.165) is 5.75 Å². The maximum atomic E-state index is 5.15. The predicted octanol–water partition coefficient (Wildman–Crippen LogP) is 4.79. The van der Waals surface area contributed by atoms with Gasteiger partial charge in [0.25, 0.3) is 0 Å². The first-order valence-electron chi connectivity index (χ1n) is 6.50. The lowest BCUT2D eigenvalue weighted by Gasteiger charge is -2.06. The van der Waals surface area contributed by atoms with E-state index in [9.17, 15) is 0 Å². The third kappa shape index (κ3) is 3.25. The molecule has 0 unspecified atom stereocenters. The number of ether oxygens (including phenoxy) is 1. The molecule has 1 nitrogen and oxygen atoms in total. The van der Waals surface area contributed by atoms with Crippen LogP contribution >= 0.6 is 0 Å². The van der Waals surface area contributed by atoms with Crippen LogP contribution in [0.4, 0.5) is 0 Å². The van der Waals surface area contributed by atoms with E-state index in [1.54, 1.807) is 7.11 Å². The molecule has 0 N–H and O–H groups in total. The van der Waals surface area contributed by atoms with E-state index in [1.165, 1.54) is 27.8 Å². The van der Waals surface area contributed by atoms with Crippen molar-refractivity contribution in [3.05, 3.63) is 64.2 Å². The quantitative estimate of drug-likeness (QED) is 0.714. The summed E-state index contributed by atoms with van der Waals surface area (Å²) >= 11 is 0. The molecule has 0 fully saturated rings. The number of methoxy groups -OCH3 is 1. The summed E-state index contributed by atoms with van der Waals surface area (Å²) in [5, 5.41) is 0. The van der Waals surface area contributed by atoms with E-state index in [2.05, 4.69) is 57.2 Å². The van der Waals surface area contributed by atoms with E-state index >= 15 is 0 Å². The fourth-order valence-corrected chi connectivity index (χ4v) is 2.07. The fraction of sp³-hybridized carbons (Fsp3) is 0.222. The van der Waals surface area contributed by atoms with Gasteiger partial charge in [-0.15, -0.1) is 0 Å². The Morgan fingerprint density at radius 3 is 1.84 bits per heavy atom. The van der Waals surface area contributed by atoms with Crippen LogP contribution in [-0.4, -0.2) is 7.11 Å². The molecule has 0 saturated carbocycles. The zero-order valence-electron chi connectivity index (χ0n) is 12.0. The topological polar surface area (TPSA) is 9.23 Å². The molecule has 2 aromatic rings. The molecule has 0 saturated heterocycles. The first-order chi connectivity index (χ1) is 9.10. The van der Waals surface area contributed by atoms with Crippen LogP contribution in [-0.2, 0) is 0 Å². The van der Waals surface area contributed by atoms with Crippen LogP contribution < -0.4 is 4.74 Å². The number of benzene rings is 2. The summed E-state index contributed by atoms with van der Waals surface area (Å²) in [6, 6.07) is 12.5. The van der Waals surface area contributed by atoms with Crippen molar-refractivity contribution in [1.82, 2.24) is 0 Å². The van der Waals surface area contributed by atoms with Crippen LogP contribution in [0.3, 0.4) is 0 Å². The molecule has 19 heavy (non-hydrogen) atoms. The monoisotopic (exact) mass is 252 g/mol. The van der Waals surface area contributed by atoms with Crippen LogP contribution in [0.15, 0.2) is 36.4 Å². The average Bonchev–Trinajstić information content (AvgIpc) is 2.43. The molecular formula is C18H20O. The summed E-state index contributed by atoms with van der Waals surface area (Å²) in [5.41, 5.74) is 6.48. The molecule has 0 aromatic heterocycles. The highest BCUT2D eigenvalue weighted by Crippen LogP contribution is 2.18. The van der Waals surface area contributed by atoms with E-state index < -0.39 is 0 Å². The van der Waals surface area contributed by atoms with Gasteiger partial charge in [0, 0.05) is 0 Å². The Morgan fingerprint density at radius 2 is 1.32 bits per heavy atom. The van der Waals surface area contributed by atoms with Crippen molar-refractivity contribution >= 4 is 12.2 Å². The van der Waals surface area contributed by atoms with Gasteiger partial charge in [-0.25, -0.2) is 0 Å². The van der Waals surface area contributed by atoms with Gasteiger partial charge in [0.05, 0.1) is 7.11 Å². The number of hydrogen-bond donors (Lipinski definition) is 0. The van der Waals surface area contributed by atoms with Crippen molar-refractivity contribution in [3.8, 4) is 5.75 Å². The largest absolute Gasteiger partial charge is 0.497 e. The summed E-state index contributed by atoms with van der Waals surface area (Å²) in [5.74, 6) is 0.888. The molecule has 0 amide bonds. The second kappa shape index (κ2) is 5.75. The van der Waals surface area contributed by atoms with E-state index in [1.807, 2.05) is 12.1 Å². The van der Waals surface area contributed by atoms with Crippen LogP contribution in [0.25, 0.3) is 12.2 Å². The van der Waals surface area contributed by atoms with Gasteiger partial charge in [-0.1, -0.05) is 36.4 Å². The molecular weight excluding hydrogens is 232 g/mol.